The van der Waals surface area contributed by atoms with E-state index in [0.717, 1.165) is 28.0 Å². The molecule has 4 aromatic carbocycles. The predicted octanol–water partition coefficient (Wildman–Crippen LogP) is 5.70. The van der Waals surface area contributed by atoms with Crippen LogP contribution >= 0.6 is 0 Å². The summed E-state index contributed by atoms with van der Waals surface area (Å²) in [6, 6.07) is 29.1. The number of carbonyl (C=O) groups excluding carboxylic acids is 2. The largest absolute Gasteiger partial charge is 0.497 e. The Morgan fingerprint density at radius 1 is 0.789 bits per heavy atom. The Bertz CT molecular complexity index is 1460. The molecule has 1 amide bonds. The van der Waals surface area contributed by atoms with Crippen molar-refractivity contribution in [2.24, 2.45) is 5.10 Å². The Morgan fingerprint density at radius 2 is 1.37 bits per heavy atom. The molecule has 0 bridgehead atoms. The molecule has 0 aromatic heterocycles. The van der Waals surface area contributed by atoms with E-state index in [2.05, 4.69) is 10.5 Å². The summed E-state index contributed by atoms with van der Waals surface area (Å²) in [4.78, 5) is 25.3. The van der Waals surface area contributed by atoms with Crippen LogP contribution in [-0.4, -0.2) is 25.2 Å². The molecule has 0 fully saturated rings. The van der Waals surface area contributed by atoms with Crippen LogP contribution in [0.3, 0.4) is 0 Å². The van der Waals surface area contributed by atoms with Crippen LogP contribution in [0.4, 0.5) is 0 Å². The van der Waals surface area contributed by atoms with Crippen LogP contribution in [0.2, 0.25) is 0 Å². The summed E-state index contributed by atoms with van der Waals surface area (Å²) in [6.45, 7) is 0. The van der Waals surface area contributed by atoms with E-state index in [1.165, 1.54) is 12.3 Å². The fraction of sp³-hybridized carbons (Fsp3) is 0.0645. The number of hydrazone groups is 1. The predicted molar refractivity (Wildman–Crippen MR) is 145 cm³/mol. The number of fused-ring (bicyclic) bond motifs is 2. The van der Waals surface area contributed by atoms with Crippen molar-refractivity contribution in [3.8, 4) is 23.0 Å². The summed E-state index contributed by atoms with van der Waals surface area (Å²) in [5.74, 6) is 1.14. The second kappa shape index (κ2) is 11.3. The number of nitrogens with zero attached hydrogens (tertiary/aromatic N) is 1. The normalized spacial score (nSPS) is 12.4. The minimum atomic E-state index is -0.541. The van der Waals surface area contributed by atoms with Gasteiger partial charge in [-0.3, -0.25) is 4.79 Å². The molecule has 4 aromatic rings. The van der Waals surface area contributed by atoms with Crippen LogP contribution < -0.4 is 19.6 Å². The van der Waals surface area contributed by atoms with Gasteiger partial charge in [0.05, 0.1) is 19.2 Å². The molecular weight excluding hydrogens is 480 g/mol. The molecule has 0 atom stereocenters. The number of esters is 1. The Kier molecular flexibility index (Phi) is 7.27. The molecule has 7 heteroatoms. The van der Waals surface area contributed by atoms with Crippen LogP contribution in [0, 0.1) is 0 Å². The van der Waals surface area contributed by atoms with Crippen LogP contribution in [-0.2, 0) is 9.59 Å². The molecule has 0 saturated carbocycles. The number of methoxy groups -OCH3 is 1. The number of benzene rings is 4. The standard InChI is InChI=1S/C31H24N2O5/c1-36-23-15-10-21(11-16-23)14-19-29(34)37-24-17-12-22(13-18-24)20-32-33-31(35)30-25-6-2-4-8-27(25)38-28-9-5-3-7-26(28)30/h2-20,30H,1H3,(H,33,35)/b19-14-,32-20+. The van der Waals surface area contributed by atoms with Crippen molar-refractivity contribution in [2.75, 3.05) is 7.11 Å². The highest BCUT2D eigenvalue weighted by molar-refractivity contribution is 5.91. The topological polar surface area (TPSA) is 86.2 Å². The lowest BCUT2D eigenvalue weighted by Gasteiger charge is -2.26. The van der Waals surface area contributed by atoms with Crippen molar-refractivity contribution in [2.45, 2.75) is 5.92 Å². The van der Waals surface area contributed by atoms with Gasteiger partial charge in [0.25, 0.3) is 5.91 Å². The first-order chi connectivity index (χ1) is 18.6. The van der Waals surface area contributed by atoms with Crippen molar-refractivity contribution in [3.05, 3.63) is 125 Å². The molecule has 5 rings (SSSR count). The van der Waals surface area contributed by atoms with Gasteiger partial charge in [0.1, 0.15) is 23.0 Å². The van der Waals surface area contributed by atoms with Gasteiger partial charge in [-0.15, -0.1) is 0 Å². The summed E-state index contributed by atoms with van der Waals surface area (Å²) >= 11 is 0. The molecule has 1 aliphatic heterocycles. The molecule has 0 radical (unpaired) electrons. The second-order valence-electron chi connectivity index (χ2n) is 8.44. The lowest BCUT2D eigenvalue weighted by molar-refractivity contribution is -0.129. The Morgan fingerprint density at radius 3 is 2.00 bits per heavy atom. The van der Waals surface area contributed by atoms with Crippen molar-refractivity contribution < 1.29 is 23.8 Å². The first-order valence-electron chi connectivity index (χ1n) is 11.9. The molecule has 0 aliphatic carbocycles. The molecule has 7 nitrogen and oxygen atoms in total. The first-order valence-corrected chi connectivity index (χ1v) is 11.9. The smallest absolute Gasteiger partial charge is 0.336 e. The van der Waals surface area contributed by atoms with Crippen LogP contribution in [0.15, 0.2) is 108 Å². The third-order valence-corrected chi connectivity index (χ3v) is 5.96. The maximum absolute atomic E-state index is 13.1. The van der Waals surface area contributed by atoms with E-state index in [1.807, 2.05) is 72.8 Å². The molecule has 188 valence electrons. The average Bonchev–Trinajstić information content (AvgIpc) is 2.96. The van der Waals surface area contributed by atoms with E-state index in [0.29, 0.717) is 17.2 Å². The van der Waals surface area contributed by atoms with Gasteiger partial charge in [-0.25, -0.2) is 10.2 Å². The minimum Gasteiger partial charge on any atom is -0.497 e. The number of carbonyl (C=O) groups is 2. The molecule has 38 heavy (non-hydrogen) atoms. The quantitative estimate of drug-likeness (QED) is 0.115. The van der Waals surface area contributed by atoms with Gasteiger partial charge in [0.2, 0.25) is 0 Å². The van der Waals surface area contributed by atoms with Gasteiger partial charge in [-0.1, -0.05) is 48.5 Å². The van der Waals surface area contributed by atoms with Gasteiger partial charge in [-0.05, 0) is 65.7 Å². The number of nitrogens with one attached hydrogen (secondary N) is 1. The lowest BCUT2D eigenvalue weighted by atomic mass is 9.87. The van der Waals surface area contributed by atoms with Crippen LogP contribution in [0.1, 0.15) is 28.2 Å². The summed E-state index contributed by atoms with van der Waals surface area (Å²) in [6.07, 6.45) is 4.56. The van der Waals surface area contributed by atoms with Gasteiger partial charge in [-0.2, -0.15) is 5.10 Å². The van der Waals surface area contributed by atoms with Crippen molar-refractivity contribution in [1.82, 2.24) is 5.43 Å². The van der Waals surface area contributed by atoms with Crippen molar-refractivity contribution >= 4 is 24.2 Å². The zero-order valence-electron chi connectivity index (χ0n) is 20.5. The molecule has 0 unspecified atom stereocenters. The van der Waals surface area contributed by atoms with E-state index in [4.69, 9.17) is 14.2 Å². The number of para-hydroxylation sites is 2. The van der Waals surface area contributed by atoms with E-state index in [1.54, 1.807) is 37.5 Å². The van der Waals surface area contributed by atoms with E-state index < -0.39 is 11.9 Å². The SMILES string of the molecule is COc1ccc(/C=C\C(=O)Oc2ccc(/C=N/NC(=O)C3c4ccccc4Oc4ccccc43)cc2)cc1. The zero-order valence-corrected chi connectivity index (χ0v) is 20.5. The number of amides is 1. The minimum absolute atomic E-state index is 0.265. The molecule has 1 aliphatic rings. The monoisotopic (exact) mass is 504 g/mol. The fourth-order valence-electron chi connectivity index (χ4n) is 4.08. The summed E-state index contributed by atoms with van der Waals surface area (Å²) in [5, 5.41) is 4.14. The van der Waals surface area contributed by atoms with Crippen LogP contribution in [0.25, 0.3) is 6.08 Å². The average molecular weight is 505 g/mol. The third-order valence-electron chi connectivity index (χ3n) is 5.96. The molecular formula is C31H24N2O5. The highest BCUT2D eigenvalue weighted by Crippen LogP contribution is 2.43. The van der Waals surface area contributed by atoms with Crippen molar-refractivity contribution in [1.29, 1.82) is 0 Å². The van der Waals surface area contributed by atoms with Gasteiger partial charge in [0.15, 0.2) is 0 Å². The summed E-state index contributed by atoms with van der Waals surface area (Å²) < 4.78 is 16.4. The number of hydrogen-bond donors (Lipinski definition) is 1. The third kappa shape index (κ3) is 5.63. The summed E-state index contributed by atoms with van der Waals surface area (Å²) in [5.41, 5.74) is 5.79. The number of rotatable bonds is 7. The van der Waals surface area contributed by atoms with Crippen molar-refractivity contribution in [3.63, 3.8) is 0 Å². The maximum atomic E-state index is 13.1. The van der Waals surface area contributed by atoms with E-state index >= 15 is 0 Å². The van der Waals surface area contributed by atoms with Gasteiger partial charge < -0.3 is 14.2 Å². The Hall–Kier alpha value is -5.17. The molecule has 0 saturated heterocycles. The molecule has 1 heterocycles. The lowest BCUT2D eigenvalue weighted by Crippen LogP contribution is -2.28. The van der Waals surface area contributed by atoms with Gasteiger partial charge in [0, 0.05) is 17.2 Å². The van der Waals surface area contributed by atoms with E-state index in [9.17, 15) is 9.59 Å². The first kappa shape index (κ1) is 24.5. The zero-order chi connectivity index (χ0) is 26.3. The number of hydrogen-bond acceptors (Lipinski definition) is 6. The second-order valence-corrected chi connectivity index (χ2v) is 8.44. The maximum Gasteiger partial charge on any atom is 0.336 e. The van der Waals surface area contributed by atoms with E-state index in [-0.39, 0.29) is 5.91 Å². The highest BCUT2D eigenvalue weighted by Gasteiger charge is 2.32. The highest BCUT2D eigenvalue weighted by atomic mass is 16.5. The molecule has 0 spiro atoms. The summed E-state index contributed by atoms with van der Waals surface area (Å²) in [7, 11) is 1.60. The fourth-order valence-corrected chi connectivity index (χ4v) is 4.08. The Balaban J connectivity index is 1.19. The molecule has 1 N–H and O–H groups in total. The van der Waals surface area contributed by atoms with Gasteiger partial charge >= 0.3 is 5.97 Å². The Labute approximate surface area is 220 Å². The number of ether oxygens (including phenoxy) is 3. The van der Waals surface area contributed by atoms with Crippen LogP contribution in [0.5, 0.6) is 23.0 Å².